The van der Waals surface area contributed by atoms with Gasteiger partial charge in [0.25, 0.3) is 0 Å². The van der Waals surface area contributed by atoms with E-state index in [2.05, 4.69) is 33.4 Å². The van der Waals surface area contributed by atoms with Crippen molar-refractivity contribution in [3.8, 4) is 0 Å². The molecule has 0 bridgehead atoms. The highest BCUT2D eigenvalue weighted by molar-refractivity contribution is 9.10. The van der Waals surface area contributed by atoms with Crippen LogP contribution in [0.4, 0.5) is 5.69 Å². The van der Waals surface area contributed by atoms with E-state index in [1.54, 1.807) is 0 Å². The van der Waals surface area contributed by atoms with Crippen LogP contribution in [-0.2, 0) is 0 Å². The van der Waals surface area contributed by atoms with Gasteiger partial charge in [-0.1, -0.05) is 12.1 Å². The van der Waals surface area contributed by atoms with Gasteiger partial charge in [-0.2, -0.15) is 0 Å². The van der Waals surface area contributed by atoms with Crippen LogP contribution in [0.1, 0.15) is 24.3 Å². The molecule has 1 aromatic carbocycles. The fourth-order valence-electron chi connectivity index (χ4n) is 2.05. The second-order valence-electron chi connectivity index (χ2n) is 3.63. The highest BCUT2D eigenvalue weighted by atomic mass is 79.9. The van der Waals surface area contributed by atoms with Gasteiger partial charge in [-0.3, -0.25) is 0 Å². The molecule has 0 saturated carbocycles. The van der Waals surface area contributed by atoms with Crippen molar-refractivity contribution in [2.75, 3.05) is 18.5 Å². The third-order valence-electron chi connectivity index (χ3n) is 2.76. The van der Waals surface area contributed by atoms with Crippen molar-refractivity contribution in [2.45, 2.75) is 18.8 Å². The molecule has 2 N–H and O–H groups in total. The summed E-state index contributed by atoms with van der Waals surface area (Å²) in [6, 6.07) is 6.25. The predicted octanol–water partition coefficient (Wildman–Crippen LogP) is 2.73. The lowest BCUT2D eigenvalue weighted by molar-refractivity contribution is 0.273. The third kappa shape index (κ3) is 1.79. The van der Waals surface area contributed by atoms with E-state index < -0.39 is 0 Å². The Hall–Kier alpha value is -0.540. The van der Waals surface area contributed by atoms with Crippen molar-refractivity contribution in [1.29, 1.82) is 0 Å². The number of nitrogens with one attached hydrogen (secondary N) is 1. The van der Waals surface area contributed by atoms with Gasteiger partial charge in [0.15, 0.2) is 0 Å². The van der Waals surface area contributed by atoms with E-state index in [-0.39, 0.29) is 6.61 Å². The molecule has 14 heavy (non-hydrogen) atoms. The maximum Gasteiger partial charge on any atom is 0.0520 e. The van der Waals surface area contributed by atoms with Crippen LogP contribution in [0.15, 0.2) is 22.7 Å². The van der Waals surface area contributed by atoms with Gasteiger partial charge in [0.05, 0.1) is 5.69 Å². The molecule has 0 fully saturated rings. The maximum absolute atomic E-state index is 8.98. The molecule has 0 saturated heterocycles. The van der Waals surface area contributed by atoms with Gasteiger partial charge < -0.3 is 10.4 Å². The van der Waals surface area contributed by atoms with Crippen LogP contribution in [0, 0.1) is 0 Å². The number of para-hydroxylation sites is 1. The summed E-state index contributed by atoms with van der Waals surface area (Å²) in [6.07, 6.45) is 1.98. The number of rotatable bonds is 2. The number of aliphatic hydroxyl groups excluding tert-OH is 1. The molecule has 1 atom stereocenters. The molecule has 0 spiro atoms. The van der Waals surface area contributed by atoms with E-state index >= 15 is 0 Å². The molecule has 2 nitrogen and oxygen atoms in total. The van der Waals surface area contributed by atoms with Gasteiger partial charge in [-0.05, 0) is 46.3 Å². The summed E-state index contributed by atoms with van der Waals surface area (Å²) >= 11 is 3.54. The standard InChI is InChI=1S/C11H14BrNO/c12-10-3-1-2-9-8(5-7-14)4-6-13-11(9)10/h1-3,8,13-14H,4-7H2. The van der Waals surface area contributed by atoms with Crippen LogP contribution in [0.2, 0.25) is 0 Å². The molecule has 2 rings (SSSR count). The van der Waals surface area contributed by atoms with Gasteiger partial charge in [0.1, 0.15) is 0 Å². The van der Waals surface area contributed by atoms with E-state index in [1.165, 1.54) is 11.3 Å². The van der Waals surface area contributed by atoms with Crippen LogP contribution in [-0.4, -0.2) is 18.3 Å². The number of anilines is 1. The summed E-state index contributed by atoms with van der Waals surface area (Å²) in [5.41, 5.74) is 2.54. The van der Waals surface area contributed by atoms with Crippen molar-refractivity contribution >= 4 is 21.6 Å². The monoisotopic (exact) mass is 255 g/mol. The number of aliphatic hydroxyl groups is 1. The first-order chi connectivity index (χ1) is 6.83. The minimum atomic E-state index is 0.274. The van der Waals surface area contributed by atoms with E-state index in [4.69, 9.17) is 5.11 Å². The second-order valence-corrected chi connectivity index (χ2v) is 4.48. The summed E-state index contributed by atoms with van der Waals surface area (Å²) in [5, 5.41) is 12.4. The van der Waals surface area contributed by atoms with E-state index in [0.717, 1.165) is 23.9 Å². The zero-order valence-electron chi connectivity index (χ0n) is 7.96. The minimum Gasteiger partial charge on any atom is -0.396 e. The molecular weight excluding hydrogens is 242 g/mol. The molecule has 0 aliphatic carbocycles. The first kappa shape index (κ1) is 9.99. The fraction of sp³-hybridized carbons (Fsp3) is 0.455. The van der Waals surface area contributed by atoms with Crippen LogP contribution >= 0.6 is 15.9 Å². The van der Waals surface area contributed by atoms with Crippen LogP contribution in [0.3, 0.4) is 0 Å². The Bertz CT molecular complexity index is 327. The van der Waals surface area contributed by atoms with E-state index in [1.807, 2.05) is 6.07 Å². The molecule has 0 aromatic heterocycles. The Balaban J connectivity index is 2.34. The van der Waals surface area contributed by atoms with Crippen molar-refractivity contribution < 1.29 is 5.11 Å². The highest BCUT2D eigenvalue weighted by Gasteiger charge is 2.20. The topological polar surface area (TPSA) is 32.3 Å². The average molecular weight is 256 g/mol. The lowest BCUT2D eigenvalue weighted by Gasteiger charge is -2.27. The van der Waals surface area contributed by atoms with Crippen molar-refractivity contribution in [2.24, 2.45) is 0 Å². The molecule has 1 aliphatic rings. The Labute approximate surface area is 92.5 Å². The first-order valence-electron chi connectivity index (χ1n) is 4.96. The molecule has 1 heterocycles. The quantitative estimate of drug-likeness (QED) is 0.852. The Kier molecular flexibility index (Phi) is 3.08. The average Bonchev–Trinajstić information content (AvgIpc) is 2.20. The van der Waals surface area contributed by atoms with Crippen molar-refractivity contribution in [3.63, 3.8) is 0 Å². The molecule has 1 aromatic rings. The SMILES string of the molecule is OCCC1CCNc2c(Br)cccc21. The molecule has 3 heteroatoms. The Morgan fingerprint density at radius 2 is 2.36 bits per heavy atom. The van der Waals surface area contributed by atoms with Crippen LogP contribution in [0.25, 0.3) is 0 Å². The lowest BCUT2D eigenvalue weighted by Crippen LogP contribution is -2.17. The number of benzene rings is 1. The molecule has 1 aliphatic heterocycles. The van der Waals surface area contributed by atoms with Crippen molar-refractivity contribution in [1.82, 2.24) is 0 Å². The first-order valence-corrected chi connectivity index (χ1v) is 5.75. The summed E-state index contributed by atoms with van der Waals surface area (Å²) in [7, 11) is 0. The number of fused-ring (bicyclic) bond motifs is 1. The zero-order chi connectivity index (χ0) is 9.97. The number of hydrogen-bond acceptors (Lipinski definition) is 2. The minimum absolute atomic E-state index is 0.274. The Morgan fingerprint density at radius 3 is 3.14 bits per heavy atom. The lowest BCUT2D eigenvalue weighted by atomic mass is 9.89. The fourth-order valence-corrected chi connectivity index (χ4v) is 2.57. The normalized spacial score (nSPS) is 20.0. The van der Waals surface area contributed by atoms with Gasteiger partial charge in [-0.15, -0.1) is 0 Å². The zero-order valence-corrected chi connectivity index (χ0v) is 9.55. The van der Waals surface area contributed by atoms with Gasteiger partial charge in [-0.25, -0.2) is 0 Å². The second kappa shape index (κ2) is 4.32. The summed E-state index contributed by atoms with van der Waals surface area (Å²) < 4.78 is 1.12. The number of halogens is 1. The maximum atomic E-state index is 8.98. The van der Waals surface area contributed by atoms with Crippen LogP contribution < -0.4 is 5.32 Å². The van der Waals surface area contributed by atoms with E-state index in [9.17, 15) is 0 Å². The molecular formula is C11H14BrNO. The van der Waals surface area contributed by atoms with E-state index in [0.29, 0.717) is 5.92 Å². The smallest absolute Gasteiger partial charge is 0.0520 e. The van der Waals surface area contributed by atoms with Gasteiger partial charge >= 0.3 is 0 Å². The molecule has 76 valence electrons. The summed E-state index contributed by atoms with van der Waals surface area (Å²) in [6.45, 7) is 1.27. The largest absolute Gasteiger partial charge is 0.396 e. The predicted molar refractivity (Wildman–Crippen MR) is 61.7 cm³/mol. The van der Waals surface area contributed by atoms with Crippen LogP contribution in [0.5, 0.6) is 0 Å². The van der Waals surface area contributed by atoms with Crippen molar-refractivity contribution in [3.05, 3.63) is 28.2 Å². The third-order valence-corrected chi connectivity index (χ3v) is 3.42. The Morgan fingerprint density at radius 1 is 1.50 bits per heavy atom. The molecule has 0 amide bonds. The summed E-state index contributed by atoms with van der Waals surface area (Å²) in [5.74, 6) is 0.508. The highest BCUT2D eigenvalue weighted by Crippen LogP contribution is 2.37. The summed E-state index contributed by atoms with van der Waals surface area (Å²) in [4.78, 5) is 0. The molecule has 0 radical (unpaired) electrons. The molecule has 1 unspecified atom stereocenters. The van der Waals surface area contributed by atoms with Gasteiger partial charge in [0.2, 0.25) is 0 Å². The van der Waals surface area contributed by atoms with Gasteiger partial charge in [0, 0.05) is 17.6 Å². The number of hydrogen-bond donors (Lipinski definition) is 2.